The van der Waals surface area contributed by atoms with E-state index in [1.165, 1.54) is 12.8 Å². The molecule has 1 saturated carbocycles. The highest BCUT2D eigenvalue weighted by molar-refractivity contribution is 6.07. The maximum Gasteiger partial charge on any atom is 0.164 e. The molecule has 0 atom stereocenters. The smallest absolute Gasteiger partial charge is 0.164 e. The Morgan fingerprint density at radius 2 is 1.74 bits per heavy atom. The molecule has 1 fully saturated rings. The van der Waals surface area contributed by atoms with E-state index < -0.39 is 11.6 Å². The van der Waals surface area contributed by atoms with Crippen LogP contribution >= 0.6 is 0 Å². The van der Waals surface area contributed by atoms with Gasteiger partial charge in [-0.05, 0) is 52.1 Å². The van der Waals surface area contributed by atoms with Crippen molar-refractivity contribution in [2.24, 2.45) is 5.92 Å². The maximum absolute atomic E-state index is 15.4. The van der Waals surface area contributed by atoms with Crippen LogP contribution in [0, 0.1) is 17.6 Å². The van der Waals surface area contributed by atoms with Gasteiger partial charge in [0.25, 0.3) is 0 Å². The number of benzene rings is 2. The molecule has 2 aromatic carbocycles. The normalized spacial score (nSPS) is 14.1. The second kappa shape index (κ2) is 11.0. The molecule has 2 N–H and O–H groups in total. The number of pyridine rings is 1. The van der Waals surface area contributed by atoms with Gasteiger partial charge in [-0.1, -0.05) is 56.5 Å². The van der Waals surface area contributed by atoms with Gasteiger partial charge in [0.1, 0.15) is 11.3 Å². The highest BCUT2D eigenvalue weighted by atomic mass is 19.2. The van der Waals surface area contributed by atoms with Crippen molar-refractivity contribution in [3.05, 3.63) is 65.0 Å². The van der Waals surface area contributed by atoms with Crippen molar-refractivity contribution in [2.45, 2.75) is 84.8 Å². The summed E-state index contributed by atoms with van der Waals surface area (Å²) in [6.45, 7) is 9.78. The van der Waals surface area contributed by atoms with Gasteiger partial charge >= 0.3 is 0 Å². The third kappa shape index (κ3) is 5.83. The summed E-state index contributed by atoms with van der Waals surface area (Å²) in [5, 5.41) is 7.74. The SMILES string of the molecule is CCCCc1nc2c(NC(C)(C)C)nc3ccccc3c2n1Cc1ccc(CNCCC2CC2)c(F)c1F. The van der Waals surface area contributed by atoms with Crippen LogP contribution in [0.1, 0.15) is 76.8 Å². The van der Waals surface area contributed by atoms with Crippen molar-refractivity contribution in [1.29, 1.82) is 0 Å². The lowest BCUT2D eigenvalue weighted by Crippen LogP contribution is -2.26. The molecule has 0 spiro atoms. The lowest BCUT2D eigenvalue weighted by atomic mass is 10.1. The molecule has 202 valence electrons. The molecule has 38 heavy (non-hydrogen) atoms. The van der Waals surface area contributed by atoms with Crippen LogP contribution in [0.4, 0.5) is 14.6 Å². The summed E-state index contributed by atoms with van der Waals surface area (Å²) in [6, 6.07) is 11.4. The zero-order valence-electron chi connectivity index (χ0n) is 23.0. The molecular formula is C31H39F2N5. The molecule has 5 nitrogen and oxygen atoms in total. The molecule has 2 heterocycles. The minimum absolute atomic E-state index is 0.205. The first-order chi connectivity index (χ1) is 18.2. The third-order valence-electron chi connectivity index (χ3n) is 7.22. The maximum atomic E-state index is 15.4. The number of hydrogen-bond acceptors (Lipinski definition) is 4. The Morgan fingerprint density at radius 1 is 1.00 bits per heavy atom. The van der Waals surface area contributed by atoms with Gasteiger partial charge in [-0.3, -0.25) is 0 Å². The van der Waals surface area contributed by atoms with E-state index >= 15 is 8.78 Å². The molecule has 7 heteroatoms. The molecule has 0 amide bonds. The Labute approximate surface area is 224 Å². The molecule has 0 aliphatic heterocycles. The Balaban J connectivity index is 1.55. The van der Waals surface area contributed by atoms with E-state index in [0.29, 0.717) is 23.5 Å². The van der Waals surface area contributed by atoms with Gasteiger partial charge in [-0.2, -0.15) is 0 Å². The van der Waals surface area contributed by atoms with E-state index in [2.05, 4.69) is 42.9 Å². The van der Waals surface area contributed by atoms with Crippen LogP contribution in [-0.2, 0) is 19.5 Å². The van der Waals surface area contributed by atoms with Crippen molar-refractivity contribution >= 4 is 27.8 Å². The first-order valence-electron chi connectivity index (χ1n) is 14.0. The Kier molecular flexibility index (Phi) is 7.66. The largest absolute Gasteiger partial charge is 0.364 e. The summed E-state index contributed by atoms with van der Waals surface area (Å²) in [4.78, 5) is 9.93. The van der Waals surface area contributed by atoms with Gasteiger partial charge in [0.2, 0.25) is 0 Å². The van der Waals surface area contributed by atoms with Crippen molar-refractivity contribution in [3.8, 4) is 0 Å². The first-order valence-corrected chi connectivity index (χ1v) is 14.0. The number of para-hydroxylation sites is 1. The molecule has 5 rings (SSSR count). The number of unbranched alkanes of at least 4 members (excludes halogenated alkanes) is 1. The minimum Gasteiger partial charge on any atom is -0.364 e. The van der Waals surface area contributed by atoms with Gasteiger partial charge in [-0.15, -0.1) is 0 Å². The first kappa shape index (κ1) is 26.5. The molecule has 1 aliphatic carbocycles. The van der Waals surface area contributed by atoms with Crippen LogP contribution < -0.4 is 10.6 Å². The highest BCUT2D eigenvalue weighted by Crippen LogP contribution is 2.33. The van der Waals surface area contributed by atoms with E-state index in [4.69, 9.17) is 9.97 Å². The molecule has 4 aromatic rings. The van der Waals surface area contributed by atoms with Gasteiger partial charge in [0, 0.05) is 35.0 Å². The summed E-state index contributed by atoms with van der Waals surface area (Å²) in [5.74, 6) is 0.845. The summed E-state index contributed by atoms with van der Waals surface area (Å²) in [5.41, 5.74) is 2.99. The average molecular weight is 520 g/mol. The molecule has 2 aromatic heterocycles. The van der Waals surface area contributed by atoms with E-state index in [1.54, 1.807) is 12.1 Å². The van der Waals surface area contributed by atoms with E-state index in [0.717, 1.165) is 65.9 Å². The van der Waals surface area contributed by atoms with Crippen LogP contribution in [0.25, 0.3) is 21.9 Å². The van der Waals surface area contributed by atoms with E-state index in [-0.39, 0.29) is 12.1 Å². The van der Waals surface area contributed by atoms with Crippen molar-refractivity contribution in [1.82, 2.24) is 19.9 Å². The van der Waals surface area contributed by atoms with Gasteiger partial charge < -0.3 is 15.2 Å². The number of anilines is 1. The number of nitrogens with one attached hydrogen (secondary N) is 2. The zero-order chi connectivity index (χ0) is 26.9. The van der Waals surface area contributed by atoms with Gasteiger partial charge in [0.15, 0.2) is 17.5 Å². The quantitative estimate of drug-likeness (QED) is 0.203. The second-order valence-electron chi connectivity index (χ2n) is 11.7. The number of halogens is 2. The average Bonchev–Trinajstić information content (AvgIpc) is 3.63. The molecule has 0 radical (unpaired) electrons. The lowest BCUT2D eigenvalue weighted by molar-refractivity contribution is 0.479. The molecule has 1 aliphatic rings. The standard InChI is InChI=1S/C31H39F2N5/c1-5-6-11-25-36-28-29(23-9-7-8-10-24(23)35-30(28)37-31(2,3)4)38(25)19-22-15-14-21(26(32)27(22)33)18-34-17-16-20-12-13-20/h7-10,14-15,20,34H,5-6,11-13,16-19H2,1-4H3,(H,35,37). The Morgan fingerprint density at radius 3 is 2.47 bits per heavy atom. The topological polar surface area (TPSA) is 54.8 Å². The molecular weight excluding hydrogens is 480 g/mol. The molecule has 0 bridgehead atoms. The van der Waals surface area contributed by atoms with E-state index in [9.17, 15) is 0 Å². The van der Waals surface area contributed by atoms with Crippen LogP contribution in [0.3, 0.4) is 0 Å². The number of imidazole rings is 1. The van der Waals surface area contributed by atoms with Crippen molar-refractivity contribution in [3.63, 3.8) is 0 Å². The Bertz CT molecular complexity index is 1430. The summed E-state index contributed by atoms with van der Waals surface area (Å²) < 4.78 is 32.7. The molecule has 0 saturated heterocycles. The number of rotatable bonds is 11. The number of aromatic nitrogens is 3. The van der Waals surface area contributed by atoms with Gasteiger partial charge in [0.05, 0.1) is 17.6 Å². The number of hydrogen-bond donors (Lipinski definition) is 2. The van der Waals surface area contributed by atoms with Crippen LogP contribution in [0.15, 0.2) is 36.4 Å². The fraction of sp³-hybridized carbons (Fsp3) is 0.484. The van der Waals surface area contributed by atoms with Crippen LogP contribution in [-0.4, -0.2) is 26.6 Å². The predicted octanol–water partition coefficient (Wildman–Crippen LogP) is 7.35. The number of aryl methyl sites for hydroxylation is 1. The van der Waals surface area contributed by atoms with Gasteiger partial charge in [-0.25, -0.2) is 18.7 Å². The van der Waals surface area contributed by atoms with Crippen LogP contribution in [0.5, 0.6) is 0 Å². The fourth-order valence-corrected chi connectivity index (χ4v) is 5.01. The highest BCUT2D eigenvalue weighted by Gasteiger charge is 2.23. The summed E-state index contributed by atoms with van der Waals surface area (Å²) in [7, 11) is 0. The van der Waals surface area contributed by atoms with E-state index in [1.807, 2.05) is 24.3 Å². The number of fused-ring (bicyclic) bond motifs is 3. The predicted molar refractivity (Wildman–Crippen MR) is 152 cm³/mol. The zero-order valence-corrected chi connectivity index (χ0v) is 23.0. The summed E-state index contributed by atoms with van der Waals surface area (Å²) in [6.07, 6.45) is 6.41. The third-order valence-corrected chi connectivity index (χ3v) is 7.22. The molecule has 0 unspecified atom stereocenters. The van der Waals surface area contributed by atoms with Crippen molar-refractivity contribution in [2.75, 3.05) is 11.9 Å². The minimum atomic E-state index is -0.777. The van der Waals surface area contributed by atoms with Crippen LogP contribution in [0.2, 0.25) is 0 Å². The lowest BCUT2D eigenvalue weighted by Gasteiger charge is -2.22. The monoisotopic (exact) mass is 519 g/mol. The Hall–Kier alpha value is -3.06. The second-order valence-corrected chi connectivity index (χ2v) is 11.7. The summed E-state index contributed by atoms with van der Waals surface area (Å²) >= 11 is 0. The number of nitrogens with zero attached hydrogens (tertiary/aromatic N) is 3. The van der Waals surface area contributed by atoms with Crippen molar-refractivity contribution < 1.29 is 8.78 Å². The fourth-order valence-electron chi connectivity index (χ4n) is 5.01.